The van der Waals surface area contributed by atoms with Gasteiger partial charge in [0.25, 0.3) is 17.7 Å². The number of carbonyl (C=O) groups excluding carboxylic acids is 4. The third-order valence-electron chi connectivity index (χ3n) is 4.54. The molecule has 0 atom stereocenters. The van der Waals surface area contributed by atoms with Gasteiger partial charge in [-0.2, -0.15) is 0 Å². The van der Waals surface area contributed by atoms with E-state index in [-0.39, 0.29) is 39.0 Å². The van der Waals surface area contributed by atoms with Crippen LogP contribution in [0.2, 0.25) is 15.1 Å². The number of carbonyl (C=O) groups is 4. The molecule has 0 unspecified atom stereocenters. The van der Waals surface area contributed by atoms with Gasteiger partial charge in [-0.1, -0.05) is 34.8 Å². The number of hydrogen-bond acceptors (Lipinski definition) is 6. The smallest absolute Gasteiger partial charge is 0.338 e. The lowest BCUT2D eigenvalue weighted by Crippen LogP contribution is -2.31. The van der Waals surface area contributed by atoms with E-state index in [1.54, 1.807) is 0 Å². The van der Waals surface area contributed by atoms with E-state index >= 15 is 0 Å². The molecule has 1 heterocycles. The molecule has 0 aromatic heterocycles. The second-order valence-electron chi connectivity index (χ2n) is 6.74. The van der Waals surface area contributed by atoms with Crippen molar-refractivity contribution >= 4 is 64.2 Å². The summed E-state index contributed by atoms with van der Waals surface area (Å²) in [6.45, 7) is -0.0172. The number of ether oxygens (including phenoxy) is 2. The molecule has 2 aromatic rings. The van der Waals surface area contributed by atoms with Gasteiger partial charge in [0.15, 0.2) is 6.61 Å². The lowest BCUT2D eigenvalue weighted by atomic mass is 10.1. The zero-order chi connectivity index (χ0) is 23.4. The number of fused-ring (bicyclic) bond motifs is 1. The molecule has 3 amide bonds. The van der Waals surface area contributed by atoms with E-state index in [9.17, 15) is 19.2 Å². The maximum Gasteiger partial charge on any atom is 0.338 e. The van der Waals surface area contributed by atoms with Gasteiger partial charge < -0.3 is 14.8 Å². The Hall–Kier alpha value is -2.65. The van der Waals surface area contributed by atoms with Crippen molar-refractivity contribution in [1.29, 1.82) is 0 Å². The van der Waals surface area contributed by atoms with E-state index in [2.05, 4.69) is 5.32 Å². The first-order valence-electron chi connectivity index (χ1n) is 9.33. The highest BCUT2D eigenvalue weighted by Crippen LogP contribution is 2.33. The Morgan fingerprint density at radius 2 is 1.66 bits per heavy atom. The number of nitrogens with zero attached hydrogens (tertiary/aromatic N) is 1. The summed E-state index contributed by atoms with van der Waals surface area (Å²) in [5, 5.41) is 2.99. The number of rotatable bonds is 8. The highest BCUT2D eigenvalue weighted by Gasteiger charge is 2.35. The third kappa shape index (κ3) is 5.21. The Bertz CT molecular complexity index is 1080. The standard InChI is InChI=1S/C21H17Cl3N2O6/c1-31-6-2-5-26-19(28)13-4-3-11(7-14(13)20(26)29)21(30)32-10-17(27)25-18-15(23)8-12(22)9-16(18)24/h3-4,7-9H,2,5-6,10H2,1H3,(H,25,27). The lowest BCUT2D eigenvalue weighted by molar-refractivity contribution is -0.119. The predicted octanol–water partition coefficient (Wildman–Crippen LogP) is 4.07. The Morgan fingerprint density at radius 1 is 1.00 bits per heavy atom. The van der Waals surface area contributed by atoms with Crippen molar-refractivity contribution in [2.75, 3.05) is 32.2 Å². The van der Waals surface area contributed by atoms with Crippen molar-refractivity contribution in [3.63, 3.8) is 0 Å². The van der Waals surface area contributed by atoms with E-state index in [0.717, 1.165) is 4.90 Å². The third-order valence-corrected chi connectivity index (χ3v) is 5.36. The monoisotopic (exact) mass is 498 g/mol. The van der Waals surface area contributed by atoms with E-state index in [1.807, 2.05) is 0 Å². The molecule has 32 heavy (non-hydrogen) atoms. The number of benzene rings is 2. The van der Waals surface area contributed by atoms with Crippen LogP contribution in [0, 0.1) is 0 Å². The van der Waals surface area contributed by atoms with Crippen LogP contribution in [-0.2, 0) is 14.3 Å². The fourth-order valence-electron chi connectivity index (χ4n) is 3.04. The van der Waals surface area contributed by atoms with Crippen molar-refractivity contribution in [2.45, 2.75) is 6.42 Å². The topological polar surface area (TPSA) is 102 Å². The van der Waals surface area contributed by atoms with Crippen molar-refractivity contribution in [1.82, 2.24) is 4.90 Å². The zero-order valence-corrected chi connectivity index (χ0v) is 19.0. The summed E-state index contributed by atoms with van der Waals surface area (Å²) in [6, 6.07) is 6.82. The average Bonchev–Trinajstić information content (AvgIpc) is 2.99. The van der Waals surface area contributed by atoms with Gasteiger partial charge >= 0.3 is 5.97 Å². The molecule has 0 fully saturated rings. The zero-order valence-electron chi connectivity index (χ0n) is 16.7. The van der Waals surface area contributed by atoms with Gasteiger partial charge in [-0.15, -0.1) is 0 Å². The first-order chi connectivity index (χ1) is 15.2. The van der Waals surface area contributed by atoms with E-state index in [1.165, 1.54) is 37.4 Å². The largest absolute Gasteiger partial charge is 0.452 e. The van der Waals surface area contributed by atoms with Crippen LogP contribution < -0.4 is 5.32 Å². The molecule has 1 aliphatic rings. The average molecular weight is 500 g/mol. The quantitative estimate of drug-likeness (QED) is 0.334. The summed E-state index contributed by atoms with van der Waals surface area (Å²) >= 11 is 17.8. The molecular formula is C21H17Cl3N2O6. The van der Waals surface area contributed by atoms with E-state index in [4.69, 9.17) is 44.3 Å². The van der Waals surface area contributed by atoms with Crippen molar-refractivity contribution in [3.05, 3.63) is 62.1 Å². The molecule has 0 saturated heterocycles. The van der Waals surface area contributed by atoms with Crippen LogP contribution in [0.1, 0.15) is 37.5 Å². The van der Waals surface area contributed by atoms with Gasteiger partial charge in [-0.3, -0.25) is 19.3 Å². The molecule has 0 radical (unpaired) electrons. The van der Waals surface area contributed by atoms with Crippen LogP contribution in [0.3, 0.4) is 0 Å². The van der Waals surface area contributed by atoms with Crippen LogP contribution in [0.4, 0.5) is 5.69 Å². The first-order valence-corrected chi connectivity index (χ1v) is 10.5. The minimum atomic E-state index is -0.839. The van der Waals surface area contributed by atoms with Crippen LogP contribution >= 0.6 is 34.8 Å². The number of methoxy groups -OCH3 is 1. The summed E-state index contributed by atoms with van der Waals surface area (Å²) < 4.78 is 9.94. The molecule has 168 valence electrons. The van der Waals surface area contributed by atoms with Gasteiger partial charge in [-0.25, -0.2) is 4.79 Å². The molecule has 0 saturated carbocycles. The SMILES string of the molecule is COCCCN1C(=O)c2ccc(C(=O)OCC(=O)Nc3c(Cl)cc(Cl)cc3Cl)cc2C1=O. The second-order valence-corrected chi connectivity index (χ2v) is 7.99. The Morgan fingerprint density at radius 3 is 2.31 bits per heavy atom. The molecule has 0 spiro atoms. The van der Waals surface area contributed by atoms with Crippen molar-refractivity contribution in [2.24, 2.45) is 0 Å². The predicted molar refractivity (Wildman–Crippen MR) is 119 cm³/mol. The Labute approximate surface area is 198 Å². The number of hydrogen-bond donors (Lipinski definition) is 1. The number of anilines is 1. The fraction of sp³-hybridized carbons (Fsp3) is 0.238. The number of amides is 3. The van der Waals surface area contributed by atoms with Gasteiger partial charge in [0.1, 0.15) is 0 Å². The van der Waals surface area contributed by atoms with Crippen LogP contribution in [0.5, 0.6) is 0 Å². The maximum atomic E-state index is 12.5. The number of nitrogens with one attached hydrogen (secondary N) is 1. The summed E-state index contributed by atoms with van der Waals surface area (Å²) in [5.41, 5.74) is 0.466. The highest BCUT2D eigenvalue weighted by molar-refractivity contribution is 6.42. The Kier molecular flexibility index (Phi) is 7.73. The normalized spacial score (nSPS) is 12.7. The van der Waals surface area contributed by atoms with Gasteiger partial charge in [0.2, 0.25) is 0 Å². The lowest BCUT2D eigenvalue weighted by Gasteiger charge is -2.12. The van der Waals surface area contributed by atoms with Gasteiger partial charge in [-0.05, 0) is 36.8 Å². The minimum absolute atomic E-state index is 0.0269. The highest BCUT2D eigenvalue weighted by atomic mass is 35.5. The summed E-state index contributed by atoms with van der Waals surface area (Å²) in [5.74, 6) is -2.45. The minimum Gasteiger partial charge on any atom is -0.452 e. The van der Waals surface area contributed by atoms with E-state index in [0.29, 0.717) is 18.1 Å². The molecule has 3 rings (SSSR count). The van der Waals surface area contributed by atoms with Gasteiger partial charge in [0.05, 0.1) is 32.4 Å². The molecule has 0 bridgehead atoms. The van der Waals surface area contributed by atoms with Crippen LogP contribution in [0.15, 0.2) is 30.3 Å². The molecule has 1 N–H and O–H groups in total. The molecule has 1 aliphatic heterocycles. The molecular weight excluding hydrogens is 483 g/mol. The van der Waals surface area contributed by atoms with Crippen LogP contribution in [-0.4, -0.2) is 55.5 Å². The number of imide groups is 1. The number of esters is 1. The van der Waals surface area contributed by atoms with Gasteiger partial charge in [0, 0.05) is 25.3 Å². The maximum absolute atomic E-state index is 12.5. The fourth-order valence-corrected chi connectivity index (χ4v) is 3.95. The van der Waals surface area contributed by atoms with Crippen molar-refractivity contribution < 1.29 is 28.7 Å². The Balaban J connectivity index is 1.63. The van der Waals surface area contributed by atoms with E-state index < -0.39 is 30.3 Å². The summed E-state index contributed by atoms with van der Waals surface area (Å²) in [6.07, 6.45) is 0.494. The number of halogens is 3. The summed E-state index contributed by atoms with van der Waals surface area (Å²) in [4.78, 5) is 50.6. The van der Waals surface area contributed by atoms with Crippen molar-refractivity contribution in [3.8, 4) is 0 Å². The molecule has 2 aromatic carbocycles. The summed E-state index contributed by atoms with van der Waals surface area (Å²) in [7, 11) is 1.53. The second kappa shape index (κ2) is 10.3. The van der Waals surface area contributed by atoms with Crippen LogP contribution in [0.25, 0.3) is 0 Å². The molecule has 11 heteroatoms. The molecule has 0 aliphatic carbocycles. The first kappa shape index (κ1) is 24.0. The molecule has 8 nitrogen and oxygen atoms in total.